The van der Waals surface area contributed by atoms with Crippen molar-refractivity contribution in [2.75, 3.05) is 32.7 Å². The normalized spacial score (nSPS) is 17.2. The van der Waals surface area contributed by atoms with Crippen LogP contribution in [0, 0.1) is 0 Å². The number of piperazine rings is 1. The Morgan fingerprint density at radius 3 is 2.65 bits per heavy atom. The van der Waals surface area contributed by atoms with Crippen LogP contribution in [0.1, 0.15) is 17.4 Å². The van der Waals surface area contributed by atoms with Crippen LogP contribution in [-0.4, -0.2) is 53.4 Å². The first-order valence-electron chi connectivity index (χ1n) is 5.85. The van der Waals surface area contributed by atoms with Gasteiger partial charge in [0.2, 0.25) is 0 Å². The number of amides is 1. The summed E-state index contributed by atoms with van der Waals surface area (Å²) in [5, 5.41) is 0.364. The minimum Gasteiger partial charge on any atom is -0.335 e. The summed E-state index contributed by atoms with van der Waals surface area (Å²) in [5.74, 6) is -0.0248. The molecular formula is C12H16ClN3O. The molecule has 0 aliphatic carbocycles. The van der Waals surface area contributed by atoms with Crippen LogP contribution >= 0.6 is 11.6 Å². The Labute approximate surface area is 106 Å². The fourth-order valence-corrected chi connectivity index (χ4v) is 2.12. The molecule has 1 aliphatic heterocycles. The lowest BCUT2D eigenvalue weighted by atomic mass is 10.2. The molecule has 0 spiro atoms. The van der Waals surface area contributed by atoms with Gasteiger partial charge < -0.3 is 9.80 Å². The van der Waals surface area contributed by atoms with Crippen LogP contribution in [0.2, 0.25) is 5.15 Å². The van der Waals surface area contributed by atoms with Gasteiger partial charge in [0.25, 0.3) is 5.91 Å². The topological polar surface area (TPSA) is 36.4 Å². The van der Waals surface area contributed by atoms with Crippen LogP contribution in [-0.2, 0) is 0 Å². The van der Waals surface area contributed by atoms with E-state index in [9.17, 15) is 4.79 Å². The predicted octanol–water partition coefficient (Wildman–Crippen LogP) is 1.51. The monoisotopic (exact) mass is 253 g/mol. The number of halogens is 1. The molecule has 0 saturated carbocycles. The molecule has 1 saturated heterocycles. The first kappa shape index (κ1) is 12.3. The van der Waals surface area contributed by atoms with Gasteiger partial charge in [-0.1, -0.05) is 24.6 Å². The molecule has 1 aromatic heterocycles. The molecular weight excluding hydrogens is 238 g/mol. The van der Waals surface area contributed by atoms with Crippen LogP contribution in [0.5, 0.6) is 0 Å². The maximum atomic E-state index is 12.1. The molecule has 17 heavy (non-hydrogen) atoms. The highest BCUT2D eigenvalue weighted by Crippen LogP contribution is 2.10. The van der Waals surface area contributed by atoms with E-state index in [1.807, 2.05) is 4.90 Å². The van der Waals surface area contributed by atoms with Gasteiger partial charge in [0, 0.05) is 26.2 Å². The Kier molecular flexibility index (Phi) is 3.97. The zero-order chi connectivity index (χ0) is 12.3. The second-order valence-electron chi connectivity index (χ2n) is 4.07. The van der Waals surface area contributed by atoms with Crippen molar-refractivity contribution < 1.29 is 4.79 Å². The van der Waals surface area contributed by atoms with Crippen LogP contribution in [0.15, 0.2) is 18.2 Å². The standard InChI is InChI=1S/C12H16ClN3O/c1-2-15-6-8-16(9-7-15)12(17)10-4-3-5-11(13)14-10/h3-5H,2,6-9H2,1H3. The minimum atomic E-state index is -0.0248. The second kappa shape index (κ2) is 5.47. The number of aromatic nitrogens is 1. The maximum Gasteiger partial charge on any atom is 0.272 e. The van der Waals surface area contributed by atoms with E-state index in [0.29, 0.717) is 10.8 Å². The van der Waals surface area contributed by atoms with Gasteiger partial charge in [0.15, 0.2) is 0 Å². The number of hydrogen-bond acceptors (Lipinski definition) is 3. The van der Waals surface area contributed by atoms with E-state index >= 15 is 0 Å². The molecule has 0 aromatic carbocycles. The van der Waals surface area contributed by atoms with Crippen molar-refractivity contribution in [2.24, 2.45) is 0 Å². The Balaban J connectivity index is 2.02. The van der Waals surface area contributed by atoms with Crippen LogP contribution < -0.4 is 0 Å². The average molecular weight is 254 g/mol. The smallest absolute Gasteiger partial charge is 0.272 e. The summed E-state index contributed by atoms with van der Waals surface area (Å²) >= 11 is 5.78. The Morgan fingerprint density at radius 2 is 2.06 bits per heavy atom. The number of pyridine rings is 1. The van der Waals surface area contributed by atoms with E-state index in [0.717, 1.165) is 32.7 Å². The summed E-state index contributed by atoms with van der Waals surface area (Å²) in [6, 6.07) is 5.14. The highest BCUT2D eigenvalue weighted by molar-refractivity contribution is 6.29. The van der Waals surface area contributed by atoms with E-state index < -0.39 is 0 Å². The van der Waals surface area contributed by atoms with Crippen molar-refractivity contribution >= 4 is 17.5 Å². The van der Waals surface area contributed by atoms with Crippen molar-refractivity contribution in [3.05, 3.63) is 29.0 Å². The summed E-state index contributed by atoms with van der Waals surface area (Å²) in [6.07, 6.45) is 0. The Hall–Kier alpha value is -1.13. The van der Waals surface area contributed by atoms with Crippen molar-refractivity contribution in [2.45, 2.75) is 6.92 Å². The molecule has 92 valence electrons. The van der Waals surface area contributed by atoms with Crippen LogP contribution in [0.25, 0.3) is 0 Å². The maximum absolute atomic E-state index is 12.1. The van der Waals surface area contributed by atoms with Crippen molar-refractivity contribution in [3.63, 3.8) is 0 Å². The van der Waals surface area contributed by atoms with E-state index in [2.05, 4.69) is 16.8 Å². The van der Waals surface area contributed by atoms with Gasteiger partial charge >= 0.3 is 0 Å². The lowest BCUT2D eigenvalue weighted by molar-refractivity contribution is 0.0637. The summed E-state index contributed by atoms with van der Waals surface area (Å²) in [4.78, 5) is 20.3. The molecule has 2 heterocycles. The van der Waals surface area contributed by atoms with Crippen LogP contribution in [0.4, 0.5) is 0 Å². The quantitative estimate of drug-likeness (QED) is 0.750. The molecule has 1 fully saturated rings. The van der Waals surface area contributed by atoms with Gasteiger partial charge in [0.1, 0.15) is 10.8 Å². The largest absolute Gasteiger partial charge is 0.335 e. The third kappa shape index (κ3) is 2.96. The molecule has 0 N–H and O–H groups in total. The first-order chi connectivity index (χ1) is 8.20. The van der Waals surface area contributed by atoms with Gasteiger partial charge in [-0.2, -0.15) is 0 Å². The number of hydrogen-bond donors (Lipinski definition) is 0. The highest BCUT2D eigenvalue weighted by Gasteiger charge is 2.22. The molecule has 0 unspecified atom stereocenters. The third-order valence-corrected chi connectivity index (χ3v) is 3.25. The van der Waals surface area contributed by atoms with Crippen molar-refractivity contribution in [3.8, 4) is 0 Å². The van der Waals surface area contributed by atoms with Crippen molar-refractivity contribution in [1.29, 1.82) is 0 Å². The lowest BCUT2D eigenvalue weighted by Crippen LogP contribution is -2.48. The number of rotatable bonds is 2. The van der Waals surface area contributed by atoms with Crippen LogP contribution in [0.3, 0.4) is 0 Å². The zero-order valence-corrected chi connectivity index (χ0v) is 10.7. The van der Waals surface area contributed by atoms with E-state index in [1.54, 1.807) is 18.2 Å². The summed E-state index contributed by atoms with van der Waals surface area (Å²) in [6.45, 7) is 6.57. The molecule has 4 nitrogen and oxygen atoms in total. The summed E-state index contributed by atoms with van der Waals surface area (Å²) in [5.41, 5.74) is 0.433. The molecule has 1 amide bonds. The van der Waals surface area contributed by atoms with Crippen molar-refractivity contribution in [1.82, 2.24) is 14.8 Å². The van der Waals surface area contributed by atoms with E-state index in [-0.39, 0.29) is 5.91 Å². The zero-order valence-electron chi connectivity index (χ0n) is 9.90. The molecule has 0 atom stereocenters. The molecule has 0 radical (unpaired) electrons. The fourth-order valence-electron chi connectivity index (χ4n) is 1.96. The van der Waals surface area contributed by atoms with Gasteiger partial charge in [-0.15, -0.1) is 0 Å². The molecule has 5 heteroatoms. The summed E-state index contributed by atoms with van der Waals surface area (Å²) in [7, 11) is 0. The number of carbonyl (C=O) groups excluding carboxylic acids is 1. The van der Waals surface area contributed by atoms with Gasteiger partial charge in [-0.25, -0.2) is 4.98 Å². The van der Waals surface area contributed by atoms with Gasteiger partial charge in [0.05, 0.1) is 0 Å². The predicted molar refractivity (Wildman–Crippen MR) is 67.3 cm³/mol. The van der Waals surface area contributed by atoms with Gasteiger partial charge in [-0.05, 0) is 18.7 Å². The second-order valence-corrected chi connectivity index (χ2v) is 4.46. The summed E-state index contributed by atoms with van der Waals surface area (Å²) < 4.78 is 0. The lowest BCUT2D eigenvalue weighted by Gasteiger charge is -2.33. The first-order valence-corrected chi connectivity index (χ1v) is 6.22. The third-order valence-electron chi connectivity index (χ3n) is 3.04. The van der Waals surface area contributed by atoms with E-state index in [1.165, 1.54) is 0 Å². The Morgan fingerprint density at radius 1 is 1.35 bits per heavy atom. The number of likely N-dealkylation sites (N-methyl/N-ethyl adjacent to an activating group) is 1. The SMILES string of the molecule is CCN1CCN(C(=O)c2cccc(Cl)n2)CC1. The van der Waals surface area contributed by atoms with E-state index in [4.69, 9.17) is 11.6 Å². The van der Waals surface area contributed by atoms with Gasteiger partial charge in [-0.3, -0.25) is 4.79 Å². The molecule has 1 aliphatic rings. The average Bonchev–Trinajstić information content (AvgIpc) is 2.38. The molecule has 2 rings (SSSR count). The number of nitrogens with zero attached hydrogens (tertiary/aromatic N) is 3. The fraction of sp³-hybridized carbons (Fsp3) is 0.500. The minimum absolute atomic E-state index is 0.0248. The highest BCUT2D eigenvalue weighted by atomic mass is 35.5. The Bertz CT molecular complexity index is 402. The molecule has 0 bridgehead atoms. The molecule has 1 aromatic rings. The number of carbonyl (C=O) groups is 1.